The van der Waals surface area contributed by atoms with E-state index in [1.165, 1.54) is 0 Å². The van der Waals surface area contributed by atoms with Crippen molar-refractivity contribution in [3.63, 3.8) is 0 Å². The summed E-state index contributed by atoms with van der Waals surface area (Å²) in [5.41, 5.74) is 2.10. The van der Waals surface area contributed by atoms with Crippen molar-refractivity contribution in [3.8, 4) is 11.5 Å². The van der Waals surface area contributed by atoms with Crippen molar-refractivity contribution in [3.05, 3.63) is 65.5 Å². The SMILES string of the molecule is Cc1cccc(-c2nnc(COC(=O)c3ccc(NC(=O)OC(C)(C)C)cc3)o2)c1. The molecule has 0 fully saturated rings. The number of hydrogen-bond donors (Lipinski definition) is 1. The summed E-state index contributed by atoms with van der Waals surface area (Å²) in [5.74, 6) is 0.0134. The number of benzene rings is 2. The molecular formula is C22H23N3O5. The molecule has 0 spiro atoms. The van der Waals surface area contributed by atoms with E-state index in [0.29, 0.717) is 17.1 Å². The lowest BCUT2D eigenvalue weighted by molar-refractivity contribution is 0.0438. The number of esters is 1. The van der Waals surface area contributed by atoms with Crippen LogP contribution in [0.1, 0.15) is 42.6 Å². The molecule has 1 amide bonds. The average molecular weight is 409 g/mol. The van der Waals surface area contributed by atoms with Gasteiger partial charge >= 0.3 is 12.1 Å². The molecule has 0 saturated heterocycles. The number of nitrogens with one attached hydrogen (secondary N) is 1. The first-order valence-corrected chi connectivity index (χ1v) is 9.36. The summed E-state index contributed by atoms with van der Waals surface area (Å²) < 4.78 is 16.0. The number of aryl methyl sites for hydroxylation is 1. The van der Waals surface area contributed by atoms with Crippen LogP contribution < -0.4 is 5.32 Å². The van der Waals surface area contributed by atoms with Gasteiger partial charge in [0, 0.05) is 11.3 Å². The fraction of sp³-hybridized carbons (Fsp3) is 0.273. The van der Waals surface area contributed by atoms with Gasteiger partial charge in [0.25, 0.3) is 5.89 Å². The van der Waals surface area contributed by atoms with Crippen LogP contribution in [0.4, 0.5) is 10.5 Å². The molecule has 0 aliphatic heterocycles. The highest BCUT2D eigenvalue weighted by atomic mass is 16.6. The molecule has 1 aromatic heterocycles. The van der Waals surface area contributed by atoms with Crippen molar-refractivity contribution >= 4 is 17.7 Å². The van der Waals surface area contributed by atoms with Crippen LogP contribution in [0.5, 0.6) is 0 Å². The zero-order chi connectivity index (χ0) is 21.7. The van der Waals surface area contributed by atoms with Crippen LogP contribution in [-0.2, 0) is 16.1 Å². The fourth-order valence-corrected chi connectivity index (χ4v) is 2.53. The monoisotopic (exact) mass is 409 g/mol. The highest BCUT2D eigenvalue weighted by molar-refractivity contribution is 5.91. The summed E-state index contributed by atoms with van der Waals surface area (Å²) in [6.45, 7) is 7.16. The van der Waals surface area contributed by atoms with E-state index in [4.69, 9.17) is 13.9 Å². The van der Waals surface area contributed by atoms with E-state index < -0.39 is 17.7 Å². The molecule has 0 aliphatic carbocycles. The predicted octanol–water partition coefficient (Wildman–Crippen LogP) is 4.75. The molecule has 0 aliphatic rings. The second kappa shape index (κ2) is 8.77. The first-order chi connectivity index (χ1) is 14.2. The Morgan fingerprint density at radius 3 is 2.47 bits per heavy atom. The third-order valence-electron chi connectivity index (χ3n) is 3.82. The Labute approximate surface area is 174 Å². The lowest BCUT2D eigenvalue weighted by Crippen LogP contribution is -2.27. The molecular weight excluding hydrogens is 386 g/mol. The quantitative estimate of drug-likeness (QED) is 0.607. The smallest absolute Gasteiger partial charge is 0.412 e. The summed E-state index contributed by atoms with van der Waals surface area (Å²) >= 11 is 0. The molecule has 1 heterocycles. The first kappa shape index (κ1) is 21.0. The van der Waals surface area contributed by atoms with Gasteiger partial charge in [-0.25, -0.2) is 9.59 Å². The molecule has 0 bridgehead atoms. The number of aromatic nitrogens is 2. The van der Waals surface area contributed by atoms with Gasteiger partial charge in [-0.1, -0.05) is 17.7 Å². The van der Waals surface area contributed by atoms with E-state index in [0.717, 1.165) is 11.1 Å². The van der Waals surface area contributed by atoms with E-state index in [1.54, 1.807) is 45.0 Å². The van der Waals surface area contributed by atoms with Crippen LogP contribution in [0.2, 0.25) is 0 Å². The summed E-state index contributed by atoms with van der Waals surface area (Å²) in [6.07, 6.45) is -0.571. The molecule has 0 atom stereocenters. The maximum atomic E-state index is 12.2. The number of carbonyl (C=O) groups excluding carboxylic acids is 2. The van der Waals surface area contributed by atoms with Gasteiger partial charge in [0.2, 0.25) is 5.89 Å². The van der Waals surface area contributed by atoms with E-state index in [2.05, 4.69) is 15.5 Å². The van der Waals surface area contributed by atoms with Crippen LogP contribution in [0, 0.1) is 6.92 Å². The summed E-state index contributed by atoms with van der Waals surface area (Å²) in [4.78, 5) is 24.0. The topological polar surface area (TPSA) is 104 Å². The van der Waals surface area contributed by atoms with Gasteiger partial charge in [0.05, 0.1) is 5.56 Å². The van der Waals surface area contributed by atoms with Crippen molar-refractivity contribution < 1.29 is 23.5 Å². The van der Waals surface area contributed by atoms with Gasteiger partial charge in [0.1, 0.15) is 5.60 Å². The molecule has 156 valence electrons. The van der Waals surface area contributed by atoms with E-state index in [1.807, 2.05) is 31.2 Å². The highest BCUT2D eigenvalue weighted by Gasteiger charge is 2.17. The van der Waals surface area contributed by atoms with Gasteiger partial charge in [-0.05, 0) is 64.1 Å². The Hall–Kier alpha value is -3.68. The van der Waals surface area contributed by atoms with Crippen molar-refractivity contribution in [2.45, 2.75) is 39.9 Å². The lowest BCUT2D eigenvalue weighted by Gasteiger charge is -2.19. The predicted molar refractivity (Wildman–Crippen MR) is 110 cm³/mol. The first-order valence-electron chi connectivity index (χ1n) is 9.36. The molecule has 3 rings (SSSR count). The van der Waals surface area contributed by atoms with Crippen molar-refractivity contribution in [1.29, 1.82) is 0 Å². The maximum absolute atomic E-state index is 12.2. The zero-order valence-corrected chi connectivity index (χ0v) is 17.3. The summed E-state index contributed by atoms with van der Waals surface area (Å²) in [7, 11) is 0. The minimum absolute atomic E-state index is 0.143. The van der Waals surface area contributed by atoms with Gasteiger partial charge in [-0.3, -0.25) is 5.32 Å². The van der Waals surface area contributed by atoms with Gasteiger partial charge < -0.3 is 13.9 Å². The Bertz CT molecular complexity index is 1040. The van der Waals surface area contributed by atoms with Crippen molar-refractivity contribution in [2.75, 3.05) is 5.32 Å². The van der Waals surface area contributed by atoms with E-state index in [9.17, 15) is 9.59 Å². The zero-order valence-electron chi connectivity index (χ0n) is 17.3. The minimum atomic E-state index is -0.595. The molecule has 2 aromatic carbocycles. The molecule has 0 unspecified atom stereocenters. The Kier molecular flexibility index (Phi) is 6.15. The van der Waals surface area contributed by atoms with Gasteiger partial charge in [0.15, 0.2) is 6.61 Å². The molecule has 8 heteroatoms. The molecule has 1 N–H and O–H groups in total. The second-order valence-corrected chi connectivity index (χ2v) is 7.65. The number of rotatable bonds is 5. The van der Waals surface area contributed by atoms with Gasteiger partial charge in [-0.2, -0.15) is 0 Å². The largest absolute Gasteiger partial charge is 0.452 e. The number of hydrogen-bond acceptors (Lipinski definition) is 7. The maximum Gasteiger partial charge on any atom is 0.412 e. The molecule has 0 saturated carbocycles. The number of ether oxygens (including phenoxy) is 2. The lowest BCUT2D eigenvalue weighted by atomic mass is 10.1. The Morgan fingerprint density at radius 2 is 1.80 bits per heavy atom. The van der Waals surface area contributed by atoms with Crippen molar-refractivity contribution in [2.24, 2.45) is 0 Å². The minimum Gasteiger partial charge on any atom is -0.452 e. The second-order valence-electron chi connectivity index (χ2n) is 7.65. The van der Waals surface area contributed by atoms with E-state index in [-0.39, 0.29) is 12.5 Å². The number of nitrogens with zero attached hydrogens (tertiary/aromatic N) is 2. The highest BCUT2D eigenvalue weighted by Crippen LogP contribution is 2.19. The van der Waals surface area contributed by atoms with Crippen LogP contribution in [0.3, 0.4) is 0 Å². The van der Waals surface area contributed by atoms with Gasteiger partial charge in [-0.15, -0.1) is 10.2 Å². The number of amides is 1. The summed E-state index contributed by atoms with van der Waals surface area (Å²) in [6, 6.07) is 13.9. The molecule has 30 heavy (non-hydrogen) atoms. The molecule has 0 radical (unpaired) electrons. The fourth-order valence-electron chi connectivity index (χ4n) is 2.53. The Morgan fingerprint density at radius 1 is 1.07 bits per heavy atom. The number of anilines is 1. The third-order valence-corrected chi connectivity index (χ3v) is 3.82. The van der Waals surface area contributed by atoms with Crippen LogP contribution in [0.15, 0.2) is 52.9 Å². The van der Waals surface area contributed by atoms with E-state index >= 15 is 0 Å². The summed E-state index contributed by atoms with van der Waals surface area (Å²) in [5, 5.41) is 10.5. The molecule has 8 nitrogen and oxygen atoms in total. The van der Waals surface area contributed by atoms with Crippen LogP contribution >= 0.6 is 0 Å². The van der Waals surface area contributed by atoms with Crippen LogP contribution in [-0.4, -0.2) is 27.9 Å². The average Bonchev–Trinajstić information content (AvgIpc) is 3.14. The Balaban J connectivity index is 1.55. The standard InChI is InChI=1S/C22H23N3O5/c1-14-6-5-7-16(12-14)19-25-24-18(29-19)13-28-20(26)15-8-10-17(11-9-15)23-21(27)30-22(2,3)4/h5-12H,13H2,1-4H3,(H,23,27). The molecule has 3 aromatic rings. The normalized spacial score (nSPS) is 11.1. The third kappa shape index (κ3) is 5.91. The van der Waals surface area contributed by atoms with Crippen LogP contribution in [0.25, 0.3) is 11.5 Å². The van der Waals surface area contributed by atoms with Crippen molar-refractivity contribution in [1.82, 2.24) is 10.2 Å². The number of carbonyl (C=O) groups is 2.